The van der Waals surface area contributed by atoms with E-state index in [0.29, 0.717) is 6.04 Å². The zero-order valence-corrected chi connectivity index (χ0v) is 12.8. The minimum absolute atomic E-state index is 0.0188. The molecule has 1 amide bonds. The first-order valence-corrected chi connectivity index (χ1v) is 8.44. The highest BCUT2D eigenvalue weighted by Crippen LogP contribution is 2.18. The van der Waals surface area contributed by atoms with Crippen LogP contribution in [0.1, 0.15) is 26.7 Å². The van der Waals surface area contributed by atoms with Crippen molar-refractivity contribution in [2.45, 2.75) is 32.7 Å². The molecule has 1 saturated heterocycles. The van der Waals surface area contributed by atoms with Crippen molar-refractivity contribution in [3.63, 3.8) is 0 Å². The van der Waals surface area contributed by atoms with Crippen molar-refractivity contribution in [2.24, 2.45) is 5.92 Å². The summed E-state index contributed by atoms with van der Waals surface area (Å²) in [5.74, 6) is -0.0675. The average molecular weight is 291 g/mol. The minimum atomic E-state index is -3.24. The molecule has 0 atom stereocenters. The van der Waals surface area contributed by atoms with E-state index in [-0.39, 0.29) is 24.1 Å². The van der Waals surface area contributed by atoms with Gasteiger partial charge in [0.2, 0.25) is 15.9 Å². The third kappa shape index (κ3) is 5.46. The molecule has 0 aromatic carbocycles. The van der Waals surface area contributed by atoms with Crippen LogP contribution in [0, 0.1) is 5.92 Å². The Morgan fingerprint density at radius 3 is 2.37 bits per heavy atom. The summed E-state index contributed by atoms with van der Waals surface area (Å²) in [6, 6.07) is 0.518. The topological polar surface area (TPSA) is 78.5 Å². The minimum Gasteiger partial charge on any atom is -0.355 e. The Hall–Kier alpha value is -0.660. The molecule has 1 rings (SSSR count). The van der Waals surface area contributed by atoms with Crippen LogP contribution >= 0.6 is 0 Å². The molecular formula is C12H25N3O3S. The van der Waals surface area contributed by atoms with Gasteiger partial charge in [0.1, 0.15) is 0 Å². The lowest BCUT2D eigenvalue weighted by atomic mass is 9.95. The van der Waals surface area contributed by atoms with E-state index in [1.165, 1.54) is 7.05 Å². The lowest BCUT2D eigenvalue weighted by molar-refractivity contribution is -0.126. The van der Waals surface area contributed by atoms with Gasteiger partial charge < -0.3 is 10.2 Å². The van der Waals surface area contributed by atoms with E-state index in [1.54, 1.807) is 0 Å². The smallest absolute Gasteiger partial charge is 0.223 e. The van der Waals surface area contributed by atoms with Crippen molar-refractivity contribution in [3.05, 3.63) is 0 Å². The van der Waals surface area contributed by atoms with Gasteiger partial charge in [-0.2, -0.15) is 0 Å². The summed E-state index contributed by atoms with van der Waals surface area (Å²) in [5, 5.41) is 2.71. The molecule has 0 bridgehead atoms. The Kier molecular flexibility index (Phi) is 6.22. The lowest BCUT2D eigenvalue weighted by Crippen LogP contribution is -2.44. The first kappa shape index (κ1) is 16.4. The van der Waals surface area contributed by atoms with Crippen LogP contribution in [-0.4, -0.2) is 57.7 Å². The molecule has 7 heteroatoms. The van der Waals surface area contributed by atoms with E-state index in [9.17, 15) is 13.2 Å². The summed E-state index contributed by atoms with van der Waals surface area (Å²) in [6.45, 7) is 6.35. The van der Waals surface area contributed by atoms with E-state index in [4.69, 9.17) is 0 Å². The van der Waals surface area contributed by atoms with Crippen LogP contribution in [0.25, 0.3) is 0 Å². The standard InChI is InChI=1S/C12H25N3O3S/c1-10(2)15-7-4-11(5-8-15)12(16)14-6-9-19(17,18)13-3/h10-11,13H,4-9H2,1-3H3,(H,14,16). The Labute approximate surface area is 116 Å². The van der Waals surface area contributed by atoms with Gasteiger partial charge in [0.15, 0.2) is 0 Å². The molecule has 19 heavy (non-hydrogen) atoms. The van der Waals surface area contributed by atoms with Crippen LogP contribution in [-0.2, 0) is 14.8 Å². The highest BCUT2D eigenvalue weighted by molar-refractivity contribution is 7.89. The van der Waals surface area contributed by atoms with Gasteiger partial charge >= 0.3 is 0 Å². The van der Waals surface area contributed by atoms with E-state index in [1.807, 2.05) is 0 Å². The highest BCUT2D eigenvalue weighted by atomic mass is 32.2. The quantitative estimate of drug-likeness (QED) is 0.709. The molecule has 0 unspecified atom stereocenters. The molecule has 6 nitrogen and oxygen atoms in total. The molecule has 0 saturated carbocycles. The van der Waals surface area contributed by atoms with Gasteiger partial charge in [0.25, 0.3) is 0 Å². The second kappa shape index (κ2) is 7.21. The van der Waals surface area contributed by atoms with Gasteiger partial charge in [-0.25, -0.2) is 13.1 Å². The number of nitrogens with one attached hydrogen (secondary N) is 2. The van der Waals surface area contributed by atoms with Gasteiger partial charge in [-0.3, -0.25) is 4.79 Å². The molecule has 0 aliphatic carbocycles. The largest absolute Gasteiger partial charge is 0.355 e. The van der Waals surface area contributed by atoms with E-state index < -0.39 is 10.0 Å². The summed E-state index contributed by atoms with van der Waals surface area (Å²) in [6.07, 6.45) is 1.70. The number of piperidine rings is 1. The number of hydrogen-bond donors (Lipinski definition) is 2. The van der Waals surface area contributed by atoms with Crippen LogP contribution in [0.3, 0.4) is 0 Å². The number of rotatable bonds is 6. The van der Waals surface area contributed by atoms with Gasteiger partial charge in [-0.15, -0.1) is 0 Å². The Bertz CT molecular complexity index is 387. The third-order valence-corrected chi connectivity index (χ3v) is 4.98. The van der Waals surface area contributed by atoms with Crippen LogP contribution < -0.4 is 10.0 Å². The second-order valence-corrected chi connectivity index (χ2v) is 7.26. The van der Waals surface area contributed by atoms with Gasteiger partial charge in [0, 0.05) is 18.5 Å². The van der Waals surface area contributed by atoms with Crippen LogP contribution in [0.4, 0.5) is 0 Å². The molecule has 0 aromatic rings. The van der Waals surface area contributed by atoms with Crippen molar-refractivity contribution in [2.75, 3.05) is 32.4 Å². The van der Waals surface area contributed by atoms with Gasteiger partial charge in [-0.05, 0) is 46.8 Å². The van der Waals surface area contributed by atoms with Gasteiger partial charge in [-0.1, -0.05) is 0 Å². The van der Waals surface area contributed by atoms with Gasteiger partial charge in [0.05, 0.1) is 5.75 Å². The Morgan fingerprint density at radius 1 is 1.32 bits per heavy atom. The zero-order chi connectivity index (χ0) is 14.5. The molecule has 1 fully saturated rings. The SMILES string of the molecule is CNS(=O)(=O)CCNC(=O)C1CCN(C(C)C)CC1. The van der Waals surface area contributed by atoms with E-state index in [0.717, 1.165) is 25.9 Å². The fourth-order valence-corrected chi connectivity index (χ4v) is 2.81. The molecule has 1 heterocycles. The number of nitrogens with zero attached hydrogens (tertiary/aromatic N) is 1. The predicted molar refractivity (Wildman–Crippen MR) is 75.3 cm³/mol. The Morgan fingerprint density at radius 2 is 1.89 bits per heavy atom. The summed E-state index contributed by atoms with van der Waals surface area (Å²) < 4.78 is 24.6. The monoisotopic (exact) mass is 291 g/mol. The number of carbonyl (C=O) groups excluding carboxylic acids is 1. The van der Waals surface area contributed by atoms with Crippen molar-refractivity contribution in [1.82, 2.24) is 14.9 Å². The highest BCUT2D eigenvalue weighted by Gasteiger charge is 2.25. The molecule has 2 N–H and O–H groups in total. The molecule has 0 spiro atoms. The molecule has 1 aliphatic rings. The number of sulfonamides is 1. The zero-order valence-electron chi connectivity index (χ0n) is 12.0. The summed E-state index contributed by atoms with van der Waals surface area (Å²) >= 11 is 0. The normalized spacial score (nSPS) is 18.7. The van der Waals surface area contributed by atoms with Crippen molar-refractivity contribution >= 4 is 15.9 Å². The summed E-state index contributed by atoms with van der Waals surface area (Å²) in [5.41, 5.74) is 0. The number of carbonyl (C=O) groups is 1. The fourth-order valence-electron chi connectivity index (χ4n) is 2.23. The molecular weight excluding hydrogens is 266 g/mol. The lowest BCUT2D eigenvalue weighted by Gasteiger charge is -2.33. The Balaban J connectivity index is 2.28. The van der Waals surface area contributed by atoms with E-state index in [2.05, 4.69) is 28.8 Å². The summed E-state index contributed by atoms with van der Waals surface area (Å²) in [4.78, 5) is 14.3. The van der Waals surface area contributed by atoms with Crippen molar-refractivity contribution < 1.29 is 13.2 Å². The first-order valence-electron chi connectivity index (χ1n) is 6.78. The van der Waals surface area contributed by atoms with E-state index >= 15 is 0 Å². The number of amides is 1. The fraction of sp³-hybridized carbons (Fsp3) is 0.917. The maximum atomic E-state index is 11.9. The maximum absolute atomic E-state index is 11.9. The number of likely N-dealkylation sites (tertiary alicyclic amines) is 1. The van der Waals surface area contributed by atoms with Crippen LogP contribution in [0.5, 0.6) is 0 Å². The first-order chi connectivity index (χ1) is 8.85. The van der Waals surface area contributed by atoms with Crippen LogP contribution in [0.2, 0.25) is 0 Å². The second-order valence-electron chi connectivity index (χ2n) is 5.22. The van der Waals surface area contributed by atoms with Crippen molar-refractivity contribution in [1.29, 1.82) is 0 Å². The molecule has 0 aromatic heterocycles. The van der Waals surface area contributed by atoms with Crippen LogP contribution in [0.15, 0.2) is 0 Å². The molecule has 112 valence electrons. The summed E-state index contributed by atoms with van der Waals surface area (Å²) in [7, 11) is -1.87. The maximum Gasteiger partial charge on any atom is 0.223 e. The average Bonchev–Trinajstić information content (AvgIpc) is 2.38. The third-order valence-electron chi connectivity index (χ3n) is 3.61. The number of hydrogen-bond acceptors (Lipinski definition) is 4. The van der Waals surface area contributed by atoms with Crippen molar-refractivity contribution in [3.8, 4) is 0 Å². The predicted octanol–water partition coefficient (Wildman–Crippen LogP) is -0.228. The molecule has 0 radical (unpaired) electrons. The molecule has 1 aliphatic heterocycles.